The second kappa shape index (κ2) is 10.9. The molecule has 0 aromatic heterocycles. The monoisotopic (exact) mass is 411 g/mol. The Morgan fingerprint density at radius 1 is 1.10 bits per heavy atom. The van der Waals surface area contributed by atoms with Crippen LogP contribution in [-0.2, 0) is 15.3 Å². The van der Waals surface area contributed by atoms with Gasteiger partial charge in [-0.25, -0.2) is 9.59 Å². The van der Waals surface area contributed by atoms with E-state index in [1.165, 1.54) is 11.8 Å². The van der Waals surface area contributed by atoms with Gasteiger partial charge in [0, 0.05) is 16.7 Å². The van der Waals surface area contributed by atoms with E-state index in [4.69, 9.17) is 10.00 Å². The minimum Gasteiger partial charge on any atom is -0.452 e. The van der Waals surface area contributed by atoms with E-state index in [1.54, 1.807) is 50.2 Å². The molecule has 2 N–H and O–H groups in total. The van der Waals surface area contributed by atoms with E-state index in [9.17, 15) is 14.4 Å². The van der Waals surface area contributed by atoms with Crippen molar-refractivity contribution in [3.05, 3.63) is 65.2 Å². The fourth-order valence-electron chi connectivity index (χ4n) is 2.27. The Hall–Kier alpha value is -3.31. The molecule has 0 aliphatic carbocycles. The van der Waals surface area contributed by atoms with Crippen LogP contribution in [-0.4, -0.2) is 30.6 Å². The molecule has 0 saturated heterocycles. The largest absolute Gasteiger partial charge is 0.452 e. The van der Waals surface area contributed by atoms with E-state index < -0.39 is 24.5 Å². The summed E-state index contributed by atoms with van der Waals surface area (Å²) in [5.41, 5.74) is 1.93. The van der Waals surface area contributed by atoms with Crippen molar-refractivity contribution >= 4 is 29.7 Å². The molecule has 2 rings (SSSR count). The average Bonchev–Trinajstić information content (AvgIpc) is 2.70. The molecule has 8 heteroatoms. The van der Waals surface area contributed by atoms with E-state index in [1.807, 2.05) is 12.1 Å². The Balaban J connectivity index is 1.92. The van der Waals surface area contributed by atoms with Crippen molar-refractivity contribution in [3.63, 3.8) is 0 Å². The summed E-state index contributed by atoms with van der Waals surface area (Å²) in [6.45, 7) is 2.96. The maximum atomic E-state index is 12.4. The van der Waals surface area contributed by atoms with E-state index in [0.717, 1.165) is 5.56 Å². The molecule has 3 amide bonds. The number of thioether (sulfide) groups is 1. The predicted octanol–water partition coefficient (Wildman–Crippen LogP) is 3.24. The average molecular weight is 411 g/mol. The second-order valence-corrected chi connectivity index (χ2v) is 7.36. The number of amides is 3. The molecule has 0 saturated carbocycles. The van der Waals surface area contributed by atoms with Gasteiger partial charge in [-0.05, 0) is 43.7 Å². The van der Waals surface area contributed by atoms with Crippen LogP contribution in [0.15, 0.2) is 53.4 Å². The summed E-state index contributed by atoms with van der Waals surface area (Å²) >= 11 is 1.45. The Kier molecular flexibility index (Phi) is 8.25. The summed E-state index contributed by atoms with van der Waals surface area (Å²) in [4.78, 5) is 36.3. The zero-order chi connectivity index (χ0) is 21.2. The third kappa shape index (κ3) is 7.31. The number of esters is 1. The molecule has 2 aromatic rings. The van der Waals surface area contributed by atoms with E-state index in [2.05, 4.69) is 16.7 Å². The lowest BCUT2D eigenvalue weighted by Gasteiger charge is -2.11. The number of carbonyl (C=O) groups is 3. The molecule has 0 spiro atoms. The van der Waals surface area contributed by atoms with Gasteiger partial charge in [0.1, 0.15) is 0 Å². The first-order valence-electron chi connectivity index (χ1n) is 8.87. The van der Waals surface area contributed by atoms with E-state index in [0.29, 0.717) is 21.8 Å². The summed E-state index contributed by atoms with van der Waals surface area (Å²) in [7, 11) is 0. The van der Waals surface area contributed by atoms with Gasteiger partial charge in [-0.15, -0.1) is 11.8 Å². The number of rotatable bonds is 7. The molecule has 0 heterocycles. The summed E-state index contributed by atoms with van der Waals surface area (Å²) in [5, 5.41) is 13.5. The summed E-state index contributed by atoms with van der Waals surface area (Å²) < 4.78 is 5.04. The first kappa shape index (κ1) is 22.0. The molecule has 0 atom stereocenters. The van der Waals surface area contributed by atoms with Gasteiger partial charge < -0.3 is 10.1 Å². The maximum Gasteiger partial charge on any atom is 0.339 e. The molecule has 7 nitrogen and oxygen atoms in total. The van der Waals surface area contributed by atoms with Crippen molar-refractivity contribution in [2.24, 2.45) is 0 Å². The second-order valence-electron chi connectivity index (χ2n) is 6.35. The number of carbonyl (C=O) groups excluding carboxylic acids is 3. The number of nitrogens with zero attached hydrogens (tertiary/aromatic N) is 1. The molecule has 2 aromatic carbocycles. The smallest absolute Gasteiger partial charge is 0.339 e. The van der Waals surface area contributed by atoms with Gasteiger partial charge in [0.15, 0.2) is 6.61 Å². The number of benzene rings is 2. The summed E-state index contributed by atoms with van der Waals surface area (Å²) in [6, 6.07) is 15.4. The van der Waals surface area contributed by atoms with Crippen LogP contribution in [0.1, 0.15) is 35.3 Å². The Morgan fingerprint density at radius 2 is 1.79 bits per heavy atom. The molecule has 150 valence electrons. The van der Waals surface area contributed by atoms with Gasteiger partial charge in [-0.2, -0.15) is 5.26 Å². The number of urea groups is 1. The lowest BCUT2D eigenvalue weighted by atomic mass is 10.2. The maximum absolute atomic E-state index is 12.4. The minimum absolute atomic E-state index is 0.120. The van der Waals surface area contributed by atoms with Gasteiger partial charge in [0.25, 0.3) is 5.91 Å². The van der Waals surface area contributed by atoms with Crippen LogP contribution in [0.2, 0.25) is 0 Å². The molecule has 0 aliphatic rings. The van der Waals surface area contributed by atoms with Crippen LogP contribution in [0, 0.1) is 11.3 Å². The van der Waals surface area contributed by atoms with Crippen molar-refractivity contribution in [1.82, 2.24) is 10.6 Å². The molecule has 29 heavy (non-hydrogen) atoms. The van der Waals surface area contributed by atoms with Gasteiger partial charge >= 0.3 is 12.0 Å². The van der Waals surface area contributed by atoms with Crippen LogP contribution in [0.25, 0.3) is 0 Å². The van der Waals surface area contributed by atoms with E-state index >= 15 is 0 Å². The van der Waals surface area contributed by atoms with Gasteiger partial charge in [0.2, 0.25) is 0 Å². The third-order valence-electron chi connectivity index (χ3n) is 3.59. The van der Waals surface area contributed by atoms with E-state index in [-0.39, 0.29) is 6.04 Å². The quantitative estimate of drug-likeness (QED) is 0.535. The zero-order valence-electron chi connectivity index (χ0n) is 16.1. The van der Waals surface area contributed by atoms with Gasteiger partial charge in [-0.3, -0.25) is 10.1 Å². The number of nitrogens with one attached hydrogen (secondary N) is 2. The number of hydrogen-bond acceptors (Lipinski definition) is 6. The van der Waals surface area contributed by atoms with Crippen molar-refractivity contribution in [1.29, 1.82) is 5.26 Å². The highest BCUT2D eigenvalue weighted by Gasteiger charge is 2.16. The van der Waals surface area contributed by atoms with Crippen LogP contribution in [0.4, 0.5) is 4.79 Å². The normalized spacial score (nSPS) is 10.1. The number of imide groups is 1. The fraction of sp³-hybridized carbons (Fsp3) is 0.238. The molecule has 0 bridgehead atoms. The SMILES string of the molecule is CC(C)NC(=O)NC(=O)COC(=O)c1ccccc1SCc1ccc(C#N)cc1. The Bertz CT molecular complexity index is 920. The van der Waals surface area contributed by atoms with Crippen LogP contribution in [0.5, 0.6) is 0 Å². The van der Waals surface area contributed by atoms with Crippen LogP contribution < -0.4 is 10.6 Å². The lowest BCUT2D eigenvalue weighted by Crippen LogP contribution is -2.44. The standard InChI is InChI=1S/C21H21N3O4S/c1-14(2)23-21(27)24-19(25)12-28-20(26)17-5-3-4-6-18(17)29-13-16-9-7-15(11-22)8-10-16/h3-10,14H,12-13H2,1-2H3,(H2,23,24,25,27). The molecule has 0 aliphatic heterocycles. The van der Waals surface area contributed by atoms with Crippen molar-refractivity contribution in [2.75, 3.05) is 6.61 Å². The summed E-state index contributed by atoms with van der Waals surface area (Å²) in [6.07, 6.45) is 0. The molecule has 0 radical (unpaired) electrons. The number of hydrogen-bond donors (Lipinski definition) is 2. The summed E-state index contributed by atoms with van der Waals surface area (Å²) in [5.74, 6) is -0.752. The van der Waals surface area contributed by atoms with Crippen LogP contribution >= 0.6 is 11.8 Å². The zero-order valence-corrected chi connectivity index (χ0v) is 16.9. The highest BCUT2D eigenvalue weighted by molar-refractivity contribution is 7.98. The van der Waals surface area contributed by atoms with Crippen molar-refractivity contribution in [2.45, 2.75) is 30.5 Å². The van der Waals surface area contributed by atoms with Crippen molar-refractivity contribution < 1.29 is 19.1 Å². The molecule has 0 fully saturated rings. The third-order valence-corrected chi connectivity index (χ3v) is 4.74. The Labute approximate surface area is 173 Å². The molecule has 0 unspecified atom stereocenters. The molecular weight excluding hydrogens is 390 g/mol. The number of ether oxygens (including phenoxy) is 1. The van der Waals surface area contributed by atoms with Crippen LogP contribution in [0.3, 0.4) is 0 Å². The first-order valence-corrected chi connectivity index (χ1v) is 9.86. The number of nitriles is 1. The topological polar surface area (TPSA) is 108 Å². The Morgan fingerprint density at radius 3 is 2.45 bits per heavy atom. The predicted molar refractivity (Wildman–Crippen MR) is 109 cm³/mol. The fourth-order valence-corrected chi connectivity index (χ4v) is 3.26. The lowest BCUT2D eigenvalue weighted by molar-refractivity contribution is -0.123. The van der Waals surface area contributed by atoms with Gasteiger partial charge in [0.05, 0.1) is 17.2 Å². The highest BCUT2D eigenvalue weighted by Crippen LogP contribution is 2.27. The van der Waals surface area contributed by atoms with Gasteiger partial charge in [-0.1, -0.05) is 24.3 Å². The minimum atomic E-state index is -0.709. The van der Waals surface area contributed by atoms with Crippen molar-refractivity contribution in [3.8, 4) is 6.07 Å². The molecular formula is C21H21N3O4S. The first-order chi connectivity index (χ1) is 13.9. The highest BCUT2D eigenvalue weighted by atomic mass is 32.2.